The first kappa shape index (κ1) is 19.2. The van der Waals surface area contributed by atoms with Gasteiger partial charge >= 0.3 is 0 Å². The molecule has 1 aromatic heterocycles. The van der Waals surface area contributed by atoms with Gasteiger partial charge in [-0.25, -0.2) is 0 Å². The number of para-hydroxylation sites is 1. The number of halogens is 1. The minimum atomic E-state index is -0.174. The standard InChI is InChI=1S/C22H21ClN4O2/c23-18-7-4-6-17(16-18)22(29)26-13-5-12-25(14-15-26)20-10-11-21(28)27(24-20)19-8-2-1-3-9-19/h1-4,6-11,16H,5,12-15H2. The van der Waals surface area contributed by atoms with Crippen LogP contribution in [-0.2, 0) is 0 Å². The molecule has 1 aliphatic heterocycles. The van der Waals surface area contributed by atoms with Gasteiger partial charge in [0.25, 0.3) is 11.5 Å². The lowest BCUT2D eigenvalue weighted by atomic mass is 10.2. The molecule has 0 N–H and O–H groups in total. The van der Waals surface area contributed by atoms with Crippen LogP contribution in [0.3, 0.4) is 0 Å². The first-order chi connectivity index (χ1) is 14.1. The van der Waals surface area contributed by atoms with Crippen LogP contribution in [0.15, 0.2) is 71.5 Å². The van der Waals surface area contributed by atoms with Crippen molar-refractivity contribution >= 4 is 23.3 Å². The van der Waals surface area contributed by atoms with E-state index in [1.165, 1.54) is 10.7 Å². The lowest BCUT2D eigenvalue weighted by Gasteiger charge is -2.23. The predicted molar refractivity (Wildman–Crippen MR) is 114 cm³/mol. The van der Waals surface area contributed by atoms with Crippen molar-refractivity contribution in [1.82, 2.24) is 14.7 Å². The second-order valence-corrected chi connectivity index (χ2v) is 7.36. The van der Waals surface area contributed by atoms with Gasteiger partial charge in [-0.05, 0) is 42.8 Å². The van der Waals surface area contributed by atoms with E-state index in [0.717, 1.165) is 24.5 Å². The molecule has 6 nitrogen and oxygen atoms in total. The zero-order valence-corrected chi connectivity index (χ0v) is 16.6. The smallest absolute Gasteiger partial charge is 0.271 e. The first-order valence-corrected chi connectivity index (χ1v) is 9.95. The van der Waals surface area contributed by atoms with Crippen molar-refractivity contribution in [2.75, 3.05) is 31.1 Å². The van der Waals surface area contributed by atoms with Crippen molar-refractivity contribution in [2.45, 2.75) is 6.42 Å². The first-order valence-electron chi connectivity index (χ1n) is 9.57. The summed E-state index contributed by atoms with van der Waals surface area (Å²) in [5.74, 6) is 0.710. The number of hydrogen-bond acceptors (Lipinski definition) is 4. The molecular weight excluding hydrogens is 388 g/mol. The van der Waals surface area contributed by atoms with E-state index in [0.29, 0.717) is 30.2 Å². The molecule has 29 heavy (non-hydrogen) atoms. The Morgan fingerprint density at radius 3 is 2.52 bits per heavy atom. The summed E-state index contributed by atoms with van der Waals surface area (Å²) in [7, 11) is 0. The molecule has 1 fully saturated rings. The topological polar surface area (TPSA) is 58.4 Å². The number of carbonyl (C=O) groups is 1. The number of aromatic nitrogens is 2. The van der Waals surface area contributed by atoms with E-state index in [4.69, 9.17) is 11.6 Å². The van der Waals surface area contributed by atoms with Gasteiger partial charge in [0.2, 0.25) is 0 Å². The van der Waals surface area contributed by atoms with Crippen molar-refractivity contribution < 1.29 is 4.79 Å². The summed E-state index contributed by atoms with van der Waals surface area (Å²) in [6, 6.07) is 19.7. The molecule has 0 aliphatic carbocycles. The molecule has 1 amide bonds. The zero-order chi connectivity index (χ0) is 20.2. The lowest BCUT2D eigenvalue weighted by Crippen LogP contribution is -2.36. The highest BCUT2D eigenvalue weighted by Crippen LogP contribution is 2.17. The molecule has 0 atom stereocenters. The Balaban J connectivity index is 1.52. The third-order valence-corrected chi connectivity index (χ3v) is 5.20. The Kier molecular flexibility index (Phi) is 5.62. The molecule has 4 rings (SSSR count). The average molecular weight is 409 g/mol. The second-order valence-electron chi connectivity index (χ2n) is 6.92. The number of carbonyl (C=O) groups excluding carboxylic acids is 1. The third-order valence-electron chi connectivity index (χ3n) is 4.97. The minimum absolute atomic E-state index is 0.0171. The van der Waals surface area contributed by atoms with E-state index in [1.807, 2.05) is 35.2 Å². The van der Waals surface area contributed by atoms with Gasteiger partial charge in [0.05, 0.1) is 5.69 Å². The van der Waals surface area contributed by atoms with Crippen molar-refractivity contribution in [3.8, 4) is 5.69 Å². The van der Waals surface area contributed by atoms with E-state index < -0.39 is 0 Å². The van der Waals surface area contributed by atoms with Gasteiger partial charge in [0.1, 0.15) is 5.82 Å². The van der Waals surface area contributed by atoms with Crippen LogP contribution in [0, 0.1) is 0 Å². The normalized spacial score (nSPS) is 14.5. The maximum atomic E-state index is 12.8. The molecular formula is C22H21ClN4O2. The van der Waals surface area contributed by atoms with Crippen LogP contribution in [0.5, 0.6) is 0 Å². The predicted octanol–water partition coefficient (Wildman–Crippen LogP) is 3.24. The van der Waals surface area contributed by atoms with Crippen molar-refractivity contribution in [1.29, 1.82) is 0 Å². The van der Waals surface area contributed by atoms with Gasteiger partial charge in [0.15, 0.2) is 0 Å². The number of benzene rings is 2. The van der Waals surface area contributed by atoms with Gasteiger partial charge in [-0.2, -0.15) is 4.68 Å². The number of hydrogen-bond donors (Lipinski definition) is 0. The van der Waals surface area contributed by atoms with E-state index in [1.54, 1.807) is 30.3 Å². The van der Waals surface area contributed by atoms with Gasteiger partial charge in [-0.15, -0.1) is 5.10 Å². The Hall–Kier alpha value is -3.12. The summed E-state index contributed by atoms with van der Waals surface area (Å²) in [4.78, 5) is 29.0. The largest absolute Gasteiger partial charge is 0.353 e. The van der Waals surface area contributed by atoms with Crippen LogP contribution >= 0.6 is 11.6 Å². The SMILES string of the molecule is O=C(c1cccc(Cl)c1)N1CCCN(c2ccc(=O)n(-c3ccccc3)n2)CC1. The number of amides is 1. The number of rotatable bonds is 3. The third kappa shape index (κ3) is 4.32. The summed E-state index contributed by atoms with van der Waals surface area (Å²) >= 11 is 6.03. The molecule has 2 heterocycles. The van der Waals surface area contributed by atoms with Crippen LogP contribution in [-0.4, -0.2) is 46.8 Å². The van der Waals surface area contributed by atoms with E-state index >= 15 is 0 Å². The van der Waals surface area contributed by atoms with Crippen molar-refractivity contribution in [2.24, 2.45) is 0 Å². The molecule has 1 aliphatic rings. The molecule has 0 radical (unpaired) electrons. The molecule has 0 spiro atoms. The van der Waals surface area contributed by atoms with Crippen molar-refractivity contribution in [3.05, 3.63) is 87.7 Å². The summed E-state index contributed by atoms with van der Waals surface area (Å²) in [6.45, 7) is 2.66. The highest BCUT2D eigenvalue weighted by Gasteiger charge is 2.21. The Morgan fingerprint density at radius 2 is 1.72 bits per heavy atom. The lowest BCUT2D eigenvalue weighted by molar-refractivity contribution is 0.0767. The van der Waals surface area contributed by atoms with Crippen LogP contribution in [0.4, 0.5) is 5.82 Å². The minimum Gasteiger partial charge on any atom is -0.353 e. The zero-order valence-electron chi connectivity index (χ0n) is 15.9. The quantitative estimate of drug-likeness (QED) is 0.667. The summed E-state index contributed by atoms with van der Waals surface area (Å²) in [6.07, 6.45) is 0.818. The molecule has 7 heteroatoms. The molecule has 2 aromatic carbocycles. The van der Waals surface area contributed by atoms with Gasteiger partial charge in [-0.3, -0.25) is 9.59 Å². The van der Waals surface area contributed by atoms with E-state index in [-0.39, 0.29) is 11.5 Å². The number of anilines is 1. The second kappa shape index (κ2) is 8.49. The maximum Gasteiger partial charge on any atom is 0.271 e. The molecule has 0 bridgehead atoms. The molecule has 1 saturated heterocycles. The average Bonchev–Trinajstić information content (AvgIpc) is 3.00. The number of nitrogens with zero attached hydrogens (tertiary/aromatic N) is 4. The molecule has 3 aromatic rings. The fraction of sp³-hybridized carbons (Fsp3) is 0.227. The molecule has 148 valence electrons. The van der Waals surface area contributed by atoms with Crippen molar-refractivity contribution in [3.63, 3.8) is 0 Å². The van der Waals surface area contributed by atoms with E-state index in [2.05, 4.69) is 10.00 Å². The van der Waals surface area contributed by atoms with Gasteiger partial charge in [0, 0.05) is 42.8 Å². The Labute approximate surface area is 173 Å². The van der Waals surface area contributed by atoms with Crippen LogP contribution in [0.1, 0.15) is 16.8 Å². The van der Waals surface area contributed by atoms with Gasteiger partial charge < -0.3 is 9.80 Å². The van der Waals surface area contributed by atoms with Crippen LogP contribution in [0.25, 0.3) is 5.69 Å². The van der Waals surface area contributed by atoms with Crippen LogP contribution in [0.2, 0.25) is 5.02 Å². The summed E-state index contributed by atoms with van der Waals surface area (Å²) in [5.41, 5.74) is 1.15. The molecule has 0 unspecified atom stereocenters. The Bertz CT molecular complexity index is 1070. The van der Waals surface area contributed by atoms with Crippen LogP contribution < -0.4 is 10.5 Å². The highest BCUT2D eigenvalue weighted by atomic mass is 35.5. The fourth-order valence-electron chi connectivity index (χ4n) is 3.48. The maximum absolute atomic E-state index is 12.8. The van der Waals surface area contributed by atoms with E-state index in [9.17, 15) is 9.59 Å². The van der Waals surface area contributed by atoms with Gasteiger partial charge in [-0.1, -0.05) is 35.9 Å². The fourth-order valence-corrected chi connectivity index (χ4v) is 3.67. The monoisotopic (exact) mass is 408 g/mol. The summed E-state index contributed by atoms with van der Waals surface area (Å²) < 4.78 is 1.41. The highest BCUT2D eigenvalue weighted by molar-refractivity contribution is 6.30. The summed E-state index contributed by atoms with van der Waals surface area (Å²) in [5, 5.41) is 5.11. The molecule has 0 saturated carbocycles. The Morgan fingerprint density at radius 1 is 0.897 bits per heavy atom.